The van der Waals surface area contributed by atoms with Crippen molar-refractivity contribution >= 4 is 5.97 Å². The van der Waals surface area contributed by atoms with Crippen LogP contribution in [-0.2, 0) is 16.6 Å². The third kappa shape index (κ3) is 2.95. The first kappa shape index (κ1) is 15.2. The Morgan fingerprint density at radius 2 is 1.90 bits per heavy atom. The van der Waals surface area contributed by atoms with E-state index in [1.807, 2.05) is 13.0 Å². The predicted molar refractivity (Wildman–Crippen MR) is 79.7 cm³/mol. The topological polar surface area (TPSA) is 63.3 Å². The van der Waals surface area contributed by atoms with Crippen LogP contribution in [0.1, 0.15) is 16.7 Å². The molecule has 0 fully saturated rings. The molecule has 0 saturated heterocycles. The quantitative estimate of drug-likeness (QED) is 0.888. The number of benzene rings is 2. The highest BCUT2D eigenvalue weighted by Crippen LogP contribution is 2.29. The average Bonchev–Trinajstić information content (AvgIpc) is 2.49. The van der Waals surface area contributed by atoms with Gasteiger partial charge in [0.15, 0.2) is 0 Å². The van der Waals surface area contributed by atoms with Crippen molar-refractivity contribution in [1.82, 2.24) is 0 Å². The fourth-order valence-electron chi connectivity index (χ4n) is 2.49. The summed E-state index contributed by atoms with van der Waals surface area (Å²) in [5.41, 5.74) is 6.69. The second-order valence-electron chi connectivity index (χ2n) is 5.20. The first-order valence-electron chi connectivity index (χ1n) is 6.73. The van der Waals surface area contributed by atoms with E-state index in [1.165, 1.54) is 12.1 Å². The van der Waals surface area contributed by atoms with Crippen LogP contribution in [0.2, 0.25) is 0 Å². The Hall–Kier alpha value is -2.20. The third-order valence-corrected chi connectivity index (χ3v) is 3.89. The van der Waals surface area contributed by atoms with Gasteiger partial charge in [-0.1, -0.05) is 36.4 Å². The summed E-state index contributed by atoms with van der Waals surface area (Å²) in [7, 11) is 0. The van der Waals surface area contributed by atoms with Crippen LogP contribution in [0.25, 0.3) is 0 Å². The maximum Gasteiger partial charge on any atom is 0.315 e. The number of nitrogens with two attached hydrogens (primary N) is 1. The summed E-state index contributed by atoms with van der Waals surface area (Å²) >= 11 is 0. The predicted octanol–water partition coefficient (Wildman–Crippen LogP) is 2.66. The van der Waals surface area contributed by atoms with Crippen molar-refractivity contribution in [1.29, 1.82) is 0 Å². The molecule has 0 radical (unpaired) electrons. The molecule has 3 N–H and O–H groups in total. The van der Waals surface area contributed by atoms with Gasteiger partial charge in [0.25, 0.3) is 0 Å². The number of aliphatic carboxylic acids is 1. The number of carbonyl (C=O) groups is 1. The van der Waals surface area contributed by atoms with Crippen molar-refractivity contribution in [2.24, 2.45) is 5.73 Å². The second-order valence-corrected chi connectivity index (χ2v) is 5.20. The van der Waals surface area contributed by atoms with E-state index in [1.54, 1.807) is 30.3 Å². The van der Waals surface area contributed by atoms with Crippen molar-refractivity contribution in [3.63, 3.8) is 0 Å². The van der Waals surface area contributed by atoms with Crippen molar-refractivity contribution < 1.29 is 14.3 Å². The molecule has 0 aromatic heterocycles. The summed E-state index contributed by atoms with van der Waals surface area (Å²) < 4.78 is 13.5. The van der Waals surface area contributed by atoms with Crippen LogP contribution in [0.5, 0.6) is 0 Å². The number of hydrogen-bond donors (Lipinski definition) is 2. The van der Waals surface area contributed by atoms with Gasteiger partial charge in [0, 0.05) is 6.54 Å². The lowest BCUT2D eigenvalue weighted by Gasteiger charge is -2.29. The second kappa shape index (κ2) is 6.06. The SMILES string of the molecule is Cc1ccc(F)cc1CC(CN)(C(=O)O)c1ccccc1. The zero-order valence-electron chi connectivity index (χ0n) is 11.8. The summed E-state index contributed by atoms with van der Waals surface area (Å²) in [4.78, 5) is 11.9. The molecule has 21 heavy (non-hydrogen) atoms. The van der Waals surface area contributed by atoms with Crippen LogP contribution in [0.4, 0.5) is 4.39 Å². The summed E-state index contributed by atoms with van der Waals surface area (Å²) in [6, 6.07) is 13.3. The van der Waals surface area contributed by atoms with E-state index in [0.29, 0.717) is 11.1 Å². The smallest absolute Gasteiger partial charge is 0.315 e. The molecule has 0 bridgehead atoms. The monoisotopic (exact) mass is 287 g/mol. The molecule has 2 aromatic carbocycles. The number of halogens is 1. The minimum atomic E-state index is -1.25. The van der Waals surface area contributed by atoms with Crippen LogP contribution in [0, 0.1) is 12.7 Å². The molecule has 1 unspecified atom stereocenters. The zero-order chi connectivity index (χ0) is 15.5. The lowest BCUT2D eigenvalue weighted by Crippen LogP contribution is -2.45. The molecule has 3 nitrogen and oxygen atoms in total. The minimum absolute atomic E-state index is 0.0533. The Morgan fingerprint density at radius 1 is 1.24 bits per heavy atom. The largest absolute Gasteiger partial charge is 0.481 e. The highest BCUT2D eigenvalue weighted by molar-refractivity contribution is 5.82. The van der Waals surface area contributed by atoms with Gasteiger partial charge < -0.3 is 10.8 Å². The van der Waals surface area contributed by atoms with E-state index in [4.69, 9.17) is 5.73 Å². The van der Waals surface area contributed by atoms with Crippen molar-refractivity contribution in [2.75, 3.05) is 6.54 Å². The van der Waals surface area contributed by atoms with Gasteiger partial charge in [-0.05, 0) is 42.2 Å². The van der Waals surface area contributed by atoms with Crippen LogP contribution in [0.15, 0.2) is 48.5 Å². The Balaban J connectivity index is 2.51. The molecule has 4 heteroatoms. The Kier molecular flexibility index (Phi) is 4.38. The maximum absolute atomic E-state index is 13.5. The van der Waals surface area contributed by atoms with Crippen LogP contribution >= 0.6 is 0 Å². The maximum atomic E-state index is 13.5. The molecular formula is C17H18FNO2. The first-order chi connectivity index (χ1) is 9.99. The molecule has 2 rings (SSSR count). The van der Waals surface area contributed by atoms with E-state index >= 15 is 0 Å². The van der Waals surface area contributed by atoms with Gasteiger partial charge in [0.2, 0.25) is 0 Å². The minimum Gasteiger partial charge on any atom is -0.481 e. The number of hydrogen-bond acceptors (Lipinski definition) is 2. The zero-order valence-corrected chi connectivity index (χ0v) is 11.8. The molecule has 0 spiro atoms. The van der Waals surface area contributed by atoms with Gasteiger partial charge in [0.05, 0.1) is 0 Å². The van der Waals surface area contributed by atoms with Crippen molar-refractivity contribution in [2.45, 2.75) is 18.8 Å². The van der Waals surface area contributed by atoms with Gasteiger partial charge in [-0.3, -0.25) is 4.79 Å². The highest BCUT2D eigenvalue weighted by Gasteiger charge is 2.39. The van der Waals surface area contributed by atoms with Crippen molar-refractivity contribution in [3.8, 4) is 0 Å². The van der Waals surface area contributed by atoms with Crippen LogP contribution < -0.4 is 5.73 Å². The lowest BCUT2D eigenvalue weighted by atomic mass is 9.75. The Labute approximate surface area is 123 Å². The molecule has 0 saturated carbocycles. The highest BCUT2D eigenvalue weighted by atomic mass is 19.1. The first-order valence-corrected chi connectivity index (χ1v) is 6.73. The van der Waals surface area contributed by atoms with Gasteiger partial charge >= 0.3 is 5.97 Å². The van der Waals surface area contributed by atoms with Crippen LogP contribution in [-0.4, -0.2) is 17.6 Å². The molecule has 0 aliphatic heterocycles. The molecule has 0 aliphatic rings. The molecule has 0 heterocycles. The molecule has 0 amide bonds. The fraction of sp³-hybridized carbons (Fsp3) is 0.235. The van der Waals surface area contributed by atoms with E-state index in [-0.39, 0.29) is 18.8 Å². The van der Waals surface area contributed by atoms with E-state index < -0.39 is 11.4 Å². The Bertz CT molecular complexity index is 642. The molecule has 1 atom stereocenters. The van der Waals surface area contributed by atoms with E-state index in [0.717, 1.165) is 5.56 Å². The number of carboxylic acids is 1. The summed E-state index contributed by atoms with van der Waals surface area (Å²) in [6.07, 6.45) is 0.159. The van der Waals surface area contributed by atoms with Gasteiger partial charge in [0.1, 0.15) is 11.2 Å². The number of rotatable bonds is 5. The summed E-state index contributed by atoms with van der Waals surface area (Å²) in [5.74, 6) is -1.38. The van der Waals surface area contributed by atoms with Gasteiger partial charge in [-0.25, -0.2) is 4.39 Å². The standard InChI is InChI=1S/C17H18FNO2/c1-12-7-8-15(18)9-13(12)10-17(11-19,16(20)21)14-5-3-2-4-6-14/h2-9H,10-11,19H2,1H3,(H,20,21). The third-order valence-electron chi connectivity index (χ3n) is 3.89. The summed E-state index contributed by atoms with van der Waals surface area (Å²) in [5, 5.41) is 9.72. The van der Waals surface area contributed by atoms with Crippen LogP contribution in [0.3, 0.4) is 0 Å². The van der Waals surface area contributed by atoms with Crippen molar-refractivity contribution in [3.05, 3.63) is 71.0 Å². The van der Waals surface area contributed by atoms with E-state index in [2.05, 4.69) is 0 Å². The lowest BCUT2D eigenvalue weighted by molar-refractivity contribution is -0.143. The summed E-state index contributed by atoms with van der Waals surface area (Å²) in [6.45, 7) is 1.78. The molecule has 110 valence electrons. The van der Waals surface area contributed by atoms with Gasteiger partial charge in [-0.15, -0.1) is 0 Å². The number of aryl methyl sites for hydroxylation is 1. The molecule has 2 aromatic rings. The average molecular weight is 287 g/mol. The molecule has 0 aliphatic carbocycles. The van der Waals surface area contributed by atoms with Gasteiger partial charge in [-0.2, -0.15) is 0 Å². The molecular weight excluding hydrogens is 269 g/mol. The Morgan fingerprint density at radius 3 is 2.48 bits per heavy atom. The number of carboxylic acid groups (broad SMARTS) is 1. The van der Waals surface area contributed by atoms with E-state index in [9.17, 15) is 14.3 Å². The fourth-order valence-corrected chi connectivity index (χ4v) is 2.49. The normalized spacial score (nSPS) is 13.7.